The van der Waals surface area contributed by atoms with E-state index in [1.807, 2.05) is 6.07 Å². The molecule has 0 fully saturated rings. The lowest BCUT2D eigenvalue weighted by molar-refractivity contribution is 0.0827. The van der Waals surface area contributed by atoms with Crippen LogP contribution in [0.15, 0.2) is 18.2 Å². The van der Waals surface area contributed by atoms with Gasteiger partial charge in [-0.1, -0.05) is 13.8 Å². The van der Waals surface area contributed by atoms with Gasteiger partial charge in [0.2, 0.25) is 0 Å². The van der Waals surface area contributed by atoms with Crippen LogP contribution >= 0.6 is 0 Å². The minimum Gasteiger partial charge on any atom is -0.397 e. The Morgan fingerprint density at radius 2 is 1.95 bits per heavy atom. The predicted molar refractivity (Wildman–Crippen MR) is 81.4 cm³/mol. The summed E-state index contributed by atoms with van der Waals surface area (Å²) in [6.07, 6.45) is 1.06. The largest absolute Gasteiger partial charge is 0.397 e. The fraction of sp³-hybridized carbons (Fsp3) is 0.533. The maximum Gasteiger partial charge on any atom is 0.253 e. The zero-order chi connectivity index (χ0) is 14.6. The number of carbonyl (C=O) groups is 1. The van der Waals surface area contributed by atoms with Gasteiger partial charge in [-0.25, -0.2) is 0 Å². The molecule has 0 aliphatic rings. The molecule has 0 saturated carbocycles. The topological polar surface area (TPSA) is 58.4 Å². The zero-order valence-electron chi connectivity index (χ0n) is 12.5. The fourth-order valence-corrected chi connectivity index (χ4v) is 2.10. The Kier molecular flexibility index (Phi) is 5.21. The molecule has 3 N–H and O–H groups in total. The van der Waals surface area contributed by atoms with Gasteiger partial charge in [-0.15, -0.1) is 0 Å². The van der Waals surface area contributed by atoms with Crippen molar-refractivity contribution in [1.82, 2.24) is 4.90 Å². The maximum absolute atomic E-state index is 11.9. The van der Waals surface area contributed by atoms with Crippen molar-refractivity contribution >= 4 is 17.3 Å². The zero-order valence-corrected chi connectivity index (χ0v) is 12.5. The number of amides is 1. The van der Waals surface area contributed by atoms with E-state index in [2.05, 4.69) is 26.1 Å². The van der Waals surface area contributed by atoms with E-state index in [1.54, 1.807) is 31.1 Å². The minimum absolute atomic E-state index is 0.0143. The molecule has 0 heterocycles. The van der Waals surface area contributed by atoms with E-state index in [4.69, 9.17) is 5.73 Å². The Bertz CT molecular complexity index is 441. The van der Waals surface area contributed by atoms with Crippen LogP contribution < -0.4 is 11.1 Å². The Morgan fingerprint density at radius 3 is 2.47 bits per heavy atom. The van der Waals surface area contributed by atoms with Crippen LogP contribution in [0.4, 0.5) is 11.4 Å². The molecular weight excluding hydrogens is 238 g/mol. The molecule has 1 amide bonds. The van der Waals surface area contributed by atoms with Crippen molar-refractivity contribution in [2.75, 3.05) is 25.1 Å². The Labute approximate surface area is 116 Å². The molecule has 0 spiro atoms. The molecule has 1 rings (SSSR count). The third-order valence-corrected chi connectivity index (χ3v) is 2.93. The fourth-order valence-electron chi connectivity index (χ4n) is 2.10. The summed E-state index contributed by atoms with van der Waals surface area (Å²) in [6.45, 7) is 6.50. The van der Waals surface area contributed by atoms with Crippen molar-refractivity contribution in [3.05, 3.63) is 23.8 Å². The molecule has 0 aromatic heterocycles. The Hall–Kier alpha value is -1.71. The van der Waals surface area contributed by atoms with Crippen molar-refractivity contribution in [2.45, 2.75) is 33.2 Å². The lowest BCUT2D eigenvalue weighted by atomic mass is 10.0. The number of hydrogen-bond donors (Lipinski definition) is 2. The maximum atomic E-state index is 11.9. The first-order valence-electron chi connectivity index (χ1n) is 6.69. The molecule has 4 heteroatoms. The molecule has 1 atom stereocenters. The molecular formula is C15H25N3O. The van der Waals surface area contributed by atoms with Crippen LogP contribution in [0, 0.1) is 5.92 Å². The summed E-state index contributed by atoms with van der Waals surface area (Å²) in [5.41, 5.74) is 8.11. The second-order valence-corrected chi connectivity index (χ2v) is 5.68. The first kappa shape index (κ1) is 15.3. The highest BCUT2D eigenvalue weighted by Crippen LogP contribution is 2.22. The van der Waals surface area contributed by atoms with Crippen LogP contribution in [-0.2, 0) is 0 Å². The SMILES string of the molecule is CC(C)CC(C)Nc1cc(C(=O)N(C)C)ccc1N. The van der Waals surface area contributed by atoms with Gasteiger partial charge in [-0.3, -0.25) is 4.79 Å². The number of nitrogens with one attached hydrogen (secondary N) is 1. The highest BCUT2D eigenvalue weighted by molar-refractivity contribution is 5.95. The number of nitrogen functional groups attached to an aromatic ring is 1. The molecule has 0 bridgehead atoms. The molecule has 0 aliphatic carbocycles. The van der Waals surface area contributed by atoms with Crippen LogP contribution in [-0.4, -0.2) is 30.9 Å². The second-order valence-electron chi connectivity index (χ2n) is 5.68. The van der Waals surface area contributed by atoms with Crippen molar-refractivity contribution in [2.24, 2.45) is 5.92 Å². The molecule has 1 aromatic carbocycles. The Balaban J connectivity index is 2.88. The highest BCUT2D eigenvalue weighted by atomic mass is 16.2. The number of nitrogens with two attached hydrogens (primary N) is 1. The number of anilines is 2. The lowest BCUT2D eigenvalue weighted by Gasteiger charge is -2.19. The van der Waals surface area contributed by atoms with Gasteiger partial charge in [0.05, 0.1) is 11.4 Å². The monoisotopic (exact) mass is 263 g/mol. The van der Waals surface area contributed by atoms with Crippen LogP contribution in [0.25, 0.3) is 0 Å². The molecule has 1 unspecified atom stereocenters. The van der Waals surface area contributed by atoms with Crippen molar-refractivity contribution in [3.8, 4) is 0 Å². The van der Waals surface area contributed by atoms with Gasteiger partial charge < -0.3 is 16.0 Å². The normalized spacial score (nSPS) is 12.3. The summed E-state index contributed by atoms with van der Waals surface area (Å²) in [5, 5.41) is 3.38. The smallest absolute Gasteiger partial charge is 0.253 e. The van der Waals surface area contributed by atoms with Crippen LogP contribution in [0.1, 0.15) is 37.6 Å². The van der Waals surface area contributed by atoms with E-state index >= 15 is 0 Å². The van der Waals surface area contributed by atoms with Gasteiger partial charge in [0.1, 0.15) is 0 Å². The minimum atomic E-state index is -0.0143. The first-order valence-corrected chi connectivity index (χ1v) is 6.69. The van der Waals surface area contributed by atoms with Gasteiger partial charge in [0, 0.05) is 25.7 Å². The van der Waals surface area contributed by atoms with Crippen molar-refractivity contribution < 1.29 is 4.79 Å². The van der Waals surface area contributed by atoms with E-state index in [9.17, 15) is 4.79 Å². The number of carbonyl (C=O) groups excluding carboxylic acids is 1. The van der Waals surface area contributed by atoms with E-state index in [-0.39, 0.29) is 5.91 Å². The molecule has 0 saturated heterocycles. The number of rotatable bonds is 5. The van der Waals surface area contributed by atoms with Crippen molar-refractivity contribution in [1.29, 1.82) is 0 Å². The van der Waals surface area contributed by atoms with Crippen LogP contribution in [0.2, 0.25) is 0 Å². The standard InChI is InChI=1S/C15H25N3O/c1-10(2)8-11(3)17-14-9-12(6-7-13(14)16)15(19)18(4)5/h6-7,9-11,17H,8,16H2,1-5H3. The van der Waals surface area contributed by atoms with E-state index in [0.29, 0.717) is 23.2 Å². The average molecular weight is 263 g/mol. The predicted octanol–water partition coefficient (Wildman–Crippen LogP) is 2.82. The van der Waals surface area contributed by atoms with Gasteiger partial charge in [-0.05, 0) is 37.5 Å². The van der Waals surface area contributed by atoms with Gasteiger partial charge in [-0.2, -0.15) is 0 Å². The molecule has 1 aromatic rings. The number of nitrogens with zero attached hydrogens (tertiary/aromatic N) is 1. The number of hydrogen-bond acceptors (Lipinski definition) is 3. The quantitative estimate of drug-likeness (QED) is 0.803. The van der Waals surface area contributed by atoms with E-state index < -0.39 is 0 Å². The third-order valence-electron chi connectivity index (χ3n) is 2.93. The van der Waals surface area contributed by atoms with E-state index in [1.165, 1.54) is 0 Å². The molecule has 106 valence electrons. The third kappa shape index (κ3) is 4.47. The number of benzene rings is 1. The summed E-state index contributed by atoms with van der Waals surface area (Å²) in [4.78, 5) is 13.5. The van der Waals surface area contributed by atoms with E-state index in [0.717, 1.165) is 12.1 Å². The summed E-state index contributed by atoms with van der Waals surface area (Å²) < 4.78 is 0. The summed E-state index contributed by atoms with van der Waals surface area (Å²) >= 11 is 0. The van der Waals surface area contributed by atoms with Gasteiger partial charge >= 0.3 is 0 Å². The lowest BCUT2D eigenvalue weighted by Crippen LogP contribution is -2.22. The summed E-state index contributed by atoms with van der Waals surface area (Å²) in [6, 6.07) is 5.69. The van der Waals surface area contributed by atoms with Gasteiger partial charge in [0.15, 0.2) is 0 Å². The molecule has 19 heavy (non-hydrogen) atoms. The molecule has 0 aliphatic heterocycles. The molecule has 0 radical (unpaired) electrons. The summed E-state index contributed by atoms with van der Waals surface area (Å²) in [5.74, 6) is 0.606. The summed E-state index contributed by atoms with van der Waals surface area (Å²) in [7, 11) is 3.49. The van der Waals surface area contributed by atoms with Gasteiger partial charge in [0.25, 0.3) is 5.91 Å². The van der Waals surface area contributed by atoms with Crippen LogP contribution in [0.3, 0.4) is 0 Å². The second kappa shape index (κ2) is 6.45. The Morgan fingerprint density at radius 1 is 1.32 bits per heavy atom. The average Bonchev–Trinajstić information content (AvgIpc) is 2.29. The van der Waals surface area contributed by atoms with Crippen molar-refractivity contribution in [3.63, 3.8) is 0 Å². The van der Waals surface area contributed by atoms with Crippen LogP contribution in [0.5, 0.6) is 0 Å². The first-order chi connectivity index (χ1) is 8.81. The molecule has 4 nitrogen and oxygen atoms in total. The highest BCUT2D eigenvalue weighted by Gasteiger charge is 2.12.